The summed E-state index contributed by atoms with van der Waals surface area (Å²) in [7, 11) is -2.43. The fourth-order valence-corrected chi connectivity index (χ4v) is 3.83. The number of benzene rings is 2. The maximum absolute atomic E-state index is 12.7. The van der Waals surface area contributed by atoms with Crippen molar-refractivity contribution in [2.24, 2.45) is 0 Å². The second-order valence-corrected chi connectivity index (χ2v) is 7.99. The van der Waals surface area contributed by atoms with Crippen LogP contribution >= 0.6 is 0 Å². The van der Waals surface area contributed by atoms with E-state index in [2.05, 4.69) is 10.1 Å². The van der Waals surface area contributed by atoms with Gasteiger partial charge in [-0.1, -0.05) is 18.2 Å². The number of ether oxygens (including phenoxy) is 1. The van der Waals surface area contributed by atoms with E-state index >= 15 is 0 Å². The van der Waals surface area contributed by atoms with Gasteiger partial charge in [-0.15, -0.1) is 0 Å². The molecule has 2 aromatic rings. The molecule has 0 heterocycles. The van der Waals surface area contributed by atoms with E-state index in [1.54, 1.807) is 36.4 Å². The average Bonchev–Trinajstić information content (AvgIpc) is 2.60. The molecule has 1 atom stereocenters. The summed E-state index contributed by atoms with van der Waals surface area (Å²) in [6, 6.07) is 12.1. The largest absolute Gasteiger partial charge is 0.465 e. The second-order valence-electron chi connectivity index (χ2n) is 6.14. The Morgan fingerprint density at radius 3 is 2.37 bits per heavy atom. The van der Waals surface area contributed by atoms with Crippen LogP contribution in [0.5, 0.6) is 0 Å². The molecule has 0 saturated carbocycles. The van der Waals surface area contributed by atoms with E-state index in [1.165, 1.54) is 20.1 Å². The zero-order valence-corrected chi connectivity index (χ0v) is 16.4. The van der Waals surface area contributed by atoms with Gasteiger partial charge in [0.05, 0.1) is 24.6 Å². The lowest BCUT2D eigenvalue weighted by Crippen LogP contribution is -2.45. The van der Waals surface area contributed by atoms with Crippen LogP contribution in [0, 0.1) is 6.92 Å². The number of carbonyl (C=O) groups excluding carboxylic acids is 2. The molecule has 0 spiro atoms. The number of anilines is 2. The van der Waals surface area contributed by atoms with Gasteiger partial charge in [-0.3, -0.25) is 9.10 Å². The minimum Gasteiger partial charge on any atom is -0.465 e. The van der Waals surface area contributed by atoms with E-state index < -0.39 is 27.9 Å². The van der Waals surface area contributed by atoms with Gasteiger partial charge < -0.3 is 10.1 Å². The molecule has 27 heavy (non-hydrogen) atoms. The van der Waals surface area contributed by atoms with E-state index in [0.717, 1.165) is 16.1 Å². The van der Waals surface area contributed by atoms with Crippen LogP contribution in [0.4, 0.5) is 11.4 Å². The molecule has 0 aliphatic carbocycles. The minimum atomic E-state index is -3.70. The Kier molecular flexibility index (Phi) is 6.22. The summed E-state index contributed by atoms with van der Waals surface area (Å²) in [5.74, 6) is -1.05. The molecule has 1 N–H and O–H groups in total. The number of hydrogen-bond acceptors (Lipinski definition) is 5. The predicted octanol–water partition coefficient (Wildman–Crippen LogP) is 2.57. The van der Waals surface area contributed by atoms with Crippen molar-refractivity contribution in [2.75, 3.05) is 23.0 Å². The highest BCUT2D eigenvalue weighted by Crippen LogP contribution is 2.23. The van der Waals surface area contributed by atoms with Crippen molar-refractivity contribution >= 4 is 33.3 Å². The topological polar surface area (TPSA) is 92.8 Å². The fourth-order valence-electron chi connectivity index (χ4n) is 2.66. The van der Waals surface area contributed by atoms with Crippen molar-refractivity contribution in [3.63, 3.8) is 0 Å². The van der Waals surface area contributed by atoms with Gasteiger partial charge in [0.2, 0.25) is 15.9 Å². The average molecular weight is 390 g/mol. The Morgan fingerprint density at radius 2 is 1.78 bits per heavy atom. The molecular weight excluding hydrogens is 368 g/mol. The fraction of sp³-hybridized carbons (Fsp3) is 0.263. The molecule has 0 fully saturated rings. The van der Waals surface area contributed by atoms with Gasteiger partial charge in [0.15, 0.2) is 0 Å². The number of amides is 1. The molecular formula is C19H22N2O5S. The Hall–Kier alpha value is -2.87. The summed E-state index contributed by atoms with van der Waals surface area (Å²) in [5.41, 5.74) is 1.93. The predicted molar refractivity (Wildman–Crippen MR) is 104 cm³/mol. The van der Waals surface area contributed by atoms with Crippen LogP contribution in [0.25, 0.3) is 0 Å². The highest BCUT2D eigenvalue weighted by molar-refractivity contribution is 7.92. The van der Waals surface area contributed by atoms with Crippen LogP contribution in [-0.2, 0) is 19.6 Å². The lowest BCUT2D eigenvalue weighted by Gasteiger charge is -2.28. The van der Waals surface area contributed by atoms with Gasteiger partial charge in [-0.2, -0.15) is 0 Å². The number of sulfonamides is 1. The molecule has 0 radical (unpaired) electrons. The van der Waals surface area contributed by atoms with Crippen molar-refractivity contribution in [3.8, 4) is 0 Å². The Balaban J connectivity index is 2.29. The van der Waals surface area contributed by atoms with E-state index in [0.29, 0.717) is 11.4 Å². The molecule has 0 bridgehead atoms. The molecule has 2 aromatic carbocycles. The van der Waals surface area contributed by atoms with Gasteiger partial charge in [0.25, 0.3) is 0 Å². The molecule has 1 amide bonds. The van der Waals surface area contributed by atoms with Crippen LogP contribution in [0.1, 0.15) is 22.8 Å². The van der Waals surface area contributed by atoms with Crippen LogP contribution in [0.2, 0.25) is 0 Å². The molecule has 8 heteroatoms. The first kappa shape index (κ1) is 20.4. The summed E-state index contributed by atoms with van der Waals surface area (Å²) in [5, 5.41) is 2.65. The Bertz CT molecular complexity index is 956. The zero-order valence-electron chi connectivity index (χ0n) is 15.6. The van der Waals surface area contributed by atoms with E-state index in [4.69, 9.17) is 0 Å². The van der Waals surface area contributed by atoms with Crippen molar-refractivity contribution in [1.29, 1.82) is 0 Å². The third kappa shape index (κ3) is 5.07. The first-order valence-corrected chi connectivity index (χ1v) is 10.0. The molecule has 0 aliphatic rings. The monoisotopic (exact) mass is 390 g/mol. The maximum Gasteiger partial charge on any atom is 0.337 e. The second kappa shape index (κ2) is 8.22. The van der Waals surface area contributed by atoms with Gasteiger partial charge in [0.1, 0.15) is 6.04 Å². The molecule has 144 valence electrons. The van der Waals surface area contributed by atoms with Crippen LogP contribution in [0.3, 0.4) is 0 Å². The van der Waals surface area contributed by atoms with Gasteiger partial charge >= 0.3 is 5.97 Å². The number of aryl methyl sites for hydroxylation is 1. The third-order valence-electron chi connectivity index (χ3n) is 3.90. The summed E-state index contributed by atoms with van der Waals surface area (Å²) >= 11 is 0. The number of nitrogens with zero attached hydrogens (tertiary/aromatic N) is 1. The van der Waals surface area contributed by atoms with Crippen LogP contribution in [-0.4, -0.2) is 39.7 Å². The maximum atomic E-state index is 12.7. The van der Waals surface area contributed by atoms with Gasteiger partial charge in [-0.25, -0.2) is 13.2 Å². The quantitative estimate of drug-likeness (QED) is 0.765. The van der Waals surface area contributed by atoms with Gasteiger partial charge in [-0.05, 0) is 49.7 Å². The van der Waals surface area contributed by atoms with Crippen LogP contribution in [0.15, 0.2) is 48.5 Å². The SMILES string of the molecule is COC(=O)c1cccc(NC(=O)C(C)N(c2cccc(C)c2)S(C)(=O)=O)c1. The smallest absolute Gasteiger partial charge is 0.337 e. The normalized spacial score (nSPS) is 12.1. The van der Waals surface area contributed by atoms with E-state index in [-0.39, 0.29) is 5.56 Å². The Morgan fingerprint density at radius 1 is 1.11 bits per heavy atom. The van der Waals surface area contributed by atoms with E-state index in [1.807, 2.05) is 13.0 Å². The minimum absolute atomic E-state index is 0.279. The van der Waals surface area contributed by atoms with Crippen molar-refractivity contribution < 1.29 is 22.7 Å². The number of carbonyl (C=O) groups is 2. The lowest BCUT2D eigenvalue weighted by molar-refractivity contribution is -0.116. The number of esters is 1. The molecule has 0 saturated heterocycles. The standard InChI is InChI=1S/C19H22N2O5S/c1-13-7-5-10-17(11-13)21(27(4,24)25)14(2)18(22)20-16-9-6-8-15(12-16)19(23)26-3/h5-12,14H,1-4H3,(H,20,22). The highest BCUT2D eigenvalue weighted by atomic mass is 32.2. The molecule has 7 nitrogen and oxygen atoms in total. The summed E-state index contributed by atoms with van der Waals surface area (Å²) in [6.45, 7) is 3.34. The first-order chi connectivity index (χ1) is 12.6. The lowest BCUT2D eigenvalue weighted by atomic mass is 10.2. The van der Waals surface area contributed by atoms with Crippen molar-refractivity contribution in [2.45, 2.75) is 19.9 Å². The molecule has 0 aliphatic heterocycles. The highest BCUT2D eigenvalue weighted by Gasteiger charge is 2.29. The molecule has 0 aromatic heterocycles. The molecule has 2 rings (SSSR count). The van der Waals surface area contributed by atoms with Crippen LogP contribution < -0.4 is 9.62 Å². The van der Waals surface area contributed by atoms with Gasteiger partial charge in [0, 0.05) is 5.69 Å². The Labute approximate surface area is 159 Å². The number of methoxy groups -OCH3 is 1. The summed E-state index contributed by atoms with van der Waals surface area (Å²) < 4.78 is 30.3. The third-order valence-corrected chi connectivity index (χ3v) is 5.14. The zero-order chi connectivity index (χ0) is 20.2. The first-order valence-electron chi connectivity index (χ1n) is 8.19. The van der Waals surface area contributed by atoms with E-state index in [9.17, 15) is 18.0 Å². The number of nitrogens with one attached hydrogen (secondary N) is 1. The summed E-state index contributed by atoms with van der Waals surface area (Å²) in [6.07, 6.45) is 1.05. The number of hydrogen-bond donors (Lipinski definition) is 1. The van der Waals surface area contributed by atoms with Crippen molar-refractivity contribution in [1.82, 2.24) is 0 Å². The number of rotatable bonds is 6. The summed E-state index contributed by atoms with van der Waals surface area (Å²) in [4.78, 5) is 24.3. The van der Waals surface area contributed by atoms with Crippen molar-refractivity contribution in [3.05, 3.63) is 59.7 Å². The molecule has 1 unspecified atom stereocenters.